The van der Waals surface area contributed by atoms with Gasteiger partial charge in [0, 0.05) is 21.9 Å². The Balaban J connectivity index is 1.95. The molecule has 0 aliphatic rings. The van der Waals surface area contributed by atoms with Gasteiger partial charge in [0.05, 0.1) is 0 Å². The molecular formula is C14H16BrNS. The lowest BCUT2D eigenvalue weighted by Gasteiger charge is -2.14. The Morgan fingerprint density at radius 3 is 2.53 bits per heavy atom. The van der Waals surface area contributed by atoms with E-state index in [9.17, 15) is 0 Å². The second-order valence-electron chi connectivity index (χ2n) is 4.20. The van der Waals surface area contributed by atoms with E-state index in [1.54, 1.807) is 11.3 Å². The van der Waals surface area contributed by atoms with Gasteiger partial charge in [-0.15, -0.1) is 11.3 Å². The van der Waals surface area contributed by atoms with E-state index < -0.39 is 0 Å². The van der Waals surface area contributed by atoms with E-state index in [2.05, 4.69) is 70.8 Å². The van der Waals surface area contributed by atoms with Crippen LogP contribution in [0.2, 0.25) is 0 Å². The molecule has 1 aromatic carbocycles. The number of halogens is 1. The van der Waals surface area contributed by atoms with Crippen molar-refractivity contribution in [3.8, 4) is 0 Å². The van der Waals surface area contributed by atoms with Crippen molar-refractivity contribution in [1.29, 1.82) is 0 Å². The quantitative estimate of drug-likeness (QED) is 0.865. The van der Waals surface area contributed by atoms with Gasteiger partial charge < -0.3 is 5.32 Å². The van der Waals surface area contributed by atoms with Crippen molar-refractivity contribution in [1.82, 2.24) is 5.32 Å². The Morgan fingerprint density at radius 1 is 1.24 bits per heavy atom. The van der Waals surface area contributed by atoms with Gasteiger partial charge in [0.2, 0.25) is 0 Å². The number of thiophene rings is 1. The van der Waals surface area contributed by atoms with Crippen LogP contribution in [0.1, 0.15) is 29.0 Å². The van der Waals surface area contributed by atoms with Crippen molar-refractivity contribution < 1.29 is 0 Å². The molecule has 0 aliphatic carbocycles. The normalized spacial score (nSPS) is 12.6. The van der Waals surface area contributed by atoms with Crippen LogP contribution in [-0.4, -0.2) is 0 Å². The van der Waals surface area contributed by atoms with E-state index in [-0.39, 0.29) is 0 Å². The minimum absolute atomic E-state index is 0.379. The summed E-state index contributed by atoms with van der Waals surface area (Å²) < 4.78 is 1.20. The zero-order valence-corrected chi connectivity index (χ0v) is 12.4. The monoisotopic (exact) mass is 309 g/mol. The maximum absolute atomic E-state index is 3.55. The molecule has 1 heterocycles. The maximum atomic E-state index is 3.55. The van der Waals surface area contributed by atoms with Gasteiger partial charge in [-0.25, -0.2) is 0 Å². The van der Waals surface area contributed by atoms with Crippen LogP contribution in [0.4, 0.5) is 0 Å². The zero-order chi connectivity index (χ0) is 12.3. The van der Waals surface area contributed by atoms with E-state index in [4.69, 9.17) is 0 Å². The first-order valence-electron chi connectivity index (χ1n) is 5.68. The van der Waals surface area contributed by atoms with E-state index in [0.717, 1.165) is 6.54 Å². The fraction of sp³-hybridized carbons (Fsp3) is 0.286. The minimum atomic E-state index is 0.379. The molecule has 1 atom stereocenters. The van der Waals surface area contributed by atoms with Crippen LogP contribution >= 0.6 is 27.3 Å². The summed E-state index contributed by atoms with van der Waals surface area (Å²) in [7, 11) is 0. The molecule has 1 N–H and O–H groups in total. The number of rotatable bonds is 4. The predicted octanol–water partition coefficient (Wildman–Crippen LogP) is 4.67. The third kappa shape index (κ3) is 3.41. The molecular weight excluding hydrogens is 294 g/mol. The average molecular weight is 310 g/mol. The maximum Gasteiger partial charge on any atom is 0.0327 e. The van der Waals surface area contributed by atoms with Gasteiger partial charge in [0.1, 0.15) is 0 Å². The Morgan fingerprint density at radius 2 is 1.94 bits per heavy atom. The van der Waals surface area contributed by atoms with Gasteiger partial charge in [-0.3, -0.25) is 0 Å². The summed E-state index contributed by atoms with van der Waals surface area (Å²) in [6.45, 7) is 5.23. The fourth-order valence-corrected chi connectivity index (χ4v) is 3.11. The molecule has 0 bridgehead atoms. The van der Waals surface area contributed by atoms with E-state index in [1.165, 1.54) is 20.5 Å². The van der Waals surface area contributed by atoms with Crippen molar-refractivity contribution in [3.63, 3.8) is 0 Å². The van der Waals surface area contributed by atoms with Crippen LogP contribution in [-0.2, 0) is 6.54 Å². The number of nitrogens with one attached hydrogen (secondary N) is 1. The summed E-state index contributed by atoms with van der Waals surface area (Å²) in [5.41, 5.74) is 2.64. The highest BCUT2D eigenvalue weighted by atomic mass is 79.9. The van der Waals surface area contributed by atoms with Crippen LogP contribution in [0.25, 0.3) is 0 Å². The first-order chi connectivity index (χ1) is 8.16. The average Bonchev–Trinajstić information content (AvgIpc) is 2.73. The third-order valence-electron chi connectivity index (χ3n) is 2.84. The van der Waals surface area contributed by atoms with Crippen LogP contribution in [0.5, 0.6) is 0 Å². The van der Waals surface area contributed by atoms with E-state index in [0.29, 0.717) is 6.04 Å². The summed E-state index contributed by atoms with van der Waals surface area (Å²) in [6, 6.07) is 11.2. The standard InChI is InChI=1S/C14H16BrNS/c1-10-3-5-12(6-4-10)11(2)16-9-14-13(15)7-8-17-14/h3-8,11,16H,9H2,1-2H3/t11-/m0/s1. The smallest absolute Gasteiger partial charge is 0.0327 e. The van der Waals surface area contributed by atoms with Gasteiger partial charge in [-0.2, -0.15) is 0 Å². The molecule has 0 amide bonds. The molecule has 2 aromatic rings. The Bertz CT molecular complexity index is 475. The summed E-state index contributed by atoms with van der Waals surface area (Å²) in [5.74, 6) is 0. The third-order valence-corrected chi connectivity index (χ3v) is 4.76. The number of benzene rings is 1. The highest BCUT2D eigenvalue weighted by Gasteiger charge is 2.06. The lowest BCUT2D eigenvalue weighted by atomic mass is 10.1. The van der Waals surface area contributed by atoms with Gasteiger partial charge in [-0.1, -0.05) is 29.8 Å². The van der Waals surface area contributed by atoms with Crippen molar-refractivity contribution >= 4 is 27.3 Å². The molecule has 90 valence electrons. The summed E-state index contributed by atoms with van der Waals surface area (Å²) in [6.07, 6.45) is 0. The molecule has 2 rings (SSSR count). The number of aryl methyl sites for hydroxylation is 1. The fourth-order valence-electron chi connectivity index (χ4n) is 1.67. The molecule has 0 spiro atoms. The summed E-state index contributed by atoms with van der Waals surface area (Å²) >= 11 is 5.33. The van der Waals surface area contributed by atoms with E-state index in [1.807, 2.05) is 0 Å². The molecule has 0 fully saturated rings. The zero-order valence-electron chi connectivity index (χ0n) is 10.0. The number of hydrogen-bond donors (Lipinski definition) is 1. The van der Waals surface area contributed by atoms with Crippen molar-refractivity contribution in [2.24, 2.45) is 0 Å². The molecule has 3 heteroatoms. The van der Waals surface area contributed by atoms with E-state index >= 15 is 0 Å². The summed E-state index contributed by atoms with van der Waals surface area (Å²) in [5, 5.41) is 5.65. The van der Waals surface area contributed by atoms with Crippen LogP contribution in [0, 0.1) is 6.92 Å². The van der Waals surface area contributed by atoms with Crippen molar-refractivity contribution in [2.75, 3.05) is 0 Å². The molecule has 0 unspecified atom stereocenters. The van der Waals surface area contributed by atoms with Crippen LogP contribution in [0.15, 0.2) is 40.2 Å². The van der Waals surface area contributed by atoms with Crippen LogP contribution < -0.4 is 5.32 Å². The second-order valence-corrected chi connectivity index (χ2v) is 6.06. The Kier molecular flexibility index (Phi) is 4.37. The molecule has 0 saturated carbocycles. The second kappa shape index (κ2) is 5.80. The minimum Gasteiger partial charge on any atom is -0.305 e. The lowest BCUT2D eigenvalue weighted by molar-refractivity contribution is 0.578. The van der Waals surface area contributed by atoms with Crippen LogP contribution in [0.3, 0.4) is 0 Å². The molecule has 17 heavy (non-hydrogen) atoms. The predicted molar refractivity (Wildman–Crippen MR) is 78.5 cm³/mol. The first kappa shape index (κ1) is 12.8. The molecule has 1 nitrogen and oxygen atoms in total. The van der Waals surface area contributed by atoms with Crippen molar-refractivity contribution in [2.45, 2.75) is 26.4 Å². The van der Waals surface area contributed by atoms with Crippen molar-refractivity contribution in [3.05, 3.63) is 56.2 Å². The molecule has 0 aliphatic heterocycles. The molecule has 1 aromatic heterocycles. The molecule has 0 saturated heterocycles. The SMILES string of the molecule is Cc1ccc([C@H](C)NCc2sccc2Br)cc1. The van der Waals surface area contributed by atoms with Gasteiger partial charge in [-0.05, 0) is 46.8 Å². The highest BCUT2D eigenvalue weighted by Crippen LogP contribution is 2.23. The molecule has 0 radical (unpaired) electrons. The summed E-state index contributed by atoms with van der Waals surface area (Å²) in [4.78, 5) is 1.35. The Hall–Kier alpha value is -0.640. The lowest BCUT2D eigenvalue weighted by Crippen LogP contribution is -2.17. The number of hydrogen-bond acceptors (Lipinski definition) is 2. The largest absolute Gasteiger partial charge is 0.305 e. The van der Waals surface area contributed by atoms with Gasteiger partial charge >= 0.3 is 0 Å². The Labute approximate surface area is 115 Å². The first-order valence-corrected chi connectivity index (χ1v) is 7.36. The van der Waals surface area contributed by atoms with Gasteiger partial charge in [0.15, 0.2) is 0 Å². The van der Waals surface area contributed by atoms with Gasteiger partial charge in [0.25, 0.3) is 0 Å². The topological polar surface area (TPSA) is 12.0 Å². The highest BCUT2D eigenvalue weighted by molar-refractivity contribution is 9.10.